The van der Waals surface area contributed by atoms with Crippen molar-refractivity contribution >= 4 is 21.5 Å². The van der Waals surface area contributed by atoms with Gasteiger partial charge in [-0.05, 0) is 63.1 Å². The minimum absolute atomic E-state index is 0.101. The summed E-state index contributed by atoms with van der Waals surface area (Å²) < 4.78 is 32.8. The number of rotatable bonds is 6. The summed E-state index contributed by atoms with van der Waals surface area (Å²) in [6.07, 6.45) is 4.93. The minimum atomic E-state index is -3.53. The lowest BCUT2D eigenvalue weighted by Crippen LogP contribution is -2.23. The van der Waals surface area contributed by atoms with E-state index >= 15 is 0 Å². The molecule has 2 aliphatic rings. The van der Waals surface area contributed by atoms with Gasteiger partial charge in [0.05, 0.1) is 16.4 Å². The quantitative estimate of drug-likeness (QED) is 0.664. The van der Waals surface area contributed by atoms with Crippen LogP contribution in [0.5, 0.6) is 5.75 Å². The highest BCUT2D eigenvalue weighted by molar-refractivity contribution is 7.93. The van der Waals surface area contributed by atoms with E-state index in [0.717, 1.165) is 32.1 Å². The van der Waals surface area contributed by atoms with E-state index in [4.69, 9.17) is 4.42 Å². The summed E-state index contributed by atoms with van der Waals surface area (Å²) in [4.78, 5) is 25.8. The summed E-state index contributed by atoms with van der Waals surface area (Å²) in [6, 6.07) is 6.88. The molecule has 2 aliphatic carbocycles. The van der Waals surface area contributed by atoms with Crippen molar-refractivity contribution < 1.29 is 22.7 Å². The number of nitrogens with one attached hydrogen (secondary N) is 1. The van der Waals surface area contributed by atoms with Crippen molar-refractivity contribution in [1.82, 2.24) is 0 Å². The molecular weight excluding hydrogens is 430 g/mol. The molecule has 8 heteroatoms. The zero-order valence-corrected chi connectivity index (χ0v) is 19.2. The van der Waals surface area contributed by atoms with Gasteiger partial charge < -0.3 is 9.52 Å². The first kappa shape index (κ1) is 22.6. The number of anilines is 1. The van der Waals surface area contributed by atoms with Crippen molar-refractivity contribution in [3.05, 3.63) is 57.1 Å². The fourth-order valence-corrected chi connectivity index (χ4v) is 5.07. The number of aryl methyl sites for hydroxylation is 1. The number of benzene rings is 1. The van der Waals surface area contributed by atoms with Crippen LogP contribution in [0.3, 0.4) is 0 Å². The monoisotopic (exact) mass is 459 g/mol. The van der Waals surface area contributed by atoms with E-state index in [1.807, 2.05) is 6.07 Å². The van der Waals surface area contributed by atoms with Gasteiger partial charge in [-0.25, -0.2) is 13.2 Å². The Bertz CT molecular complexity index is 1190. The molecule has 0 saturated heterocycles. The molecule has 1 unspecified atom stereocenters. The van der Waals surface area contributed by atoms with Crippen LogP contribution in [0.2, 0.25) is 0 Å². The van der Waals surface area contributed by atoms with E-state index < -0.39 is 26.8 Å². The van der Waals surface area contributed by atoms with Crippen LogP contribution in [-0.4, -0.2) is 24.6 Å². The molecule has 2 aromatic rings. The van der Waals surface area contributed by atoms with Gasteiger partial charge in [0.1, 0.15) is 11.5 Å². The molecule has 1 heterocycles. The van der Waals surface area contributed by atoms with Crippen LogP contribution in [0.1, 0.15) is 85.5 Å². The maximum atomic E-state index is 13.0. The zero-order chi connectivity index (χ0) is 23.0. The van der Waals surface area contributed by atoms with Gasteiger partial charge in [-0.3, -0.25) is 9.52 Å². The van der Waals surface area contributed by atoms with Gasteiger partial charge in [0.2, 0.25) is 10.0 Å². The van der Waals surface area contributed by atoms with Gasteiger partial charge in [0.15, 0.2) is 5.78 Å². The smallest absolute Gasteiger partial charge is 0.343 e. The Hall–Kier alpha value is -2.61. The van der Waals surface area contributed by atoms with E-state index in [0.29, 0.717) is 24.1 Å². The second kappa shape index (κ2) is 8.73. The van der Waals surface area contributed by atoms with Gasteiger partial charge in [0.25, 0.3) is 0 Å². The van der Waals surface area contributed by atoms with E-state index in [-0.39, 0.29) is 34.3 Å². The molecule has 0 radical (unpaired) electrons. The van der Waals surface area contributed by atoms with E-state index in [1.165, 1.54) is 0 Å². The number of fused-ring (bicyclic) bond motifs is 1. The summed E-state index contributed by atoms with van der Waals surface area (Å²) >= 11 is 0. The van der Waals surface area contributed by atoms with Gasteiger partial charge in [0, 0.05) is 24.4 Å². The fraction of sp³-hybridized carbons (Fsp3) is 0.500. The molecule has 0 bridgehead atoms. The van der Waals surface area contributed by atoms with Crippen LogP contribution in [0.15, 0.2) is 33.5 Å². The van der Waals surface area contributed by atoms with Gasteiger partial charge in [-0.1, -0.05) is 18.6 Å². The number of hydrogen-bond donors (Lipinski definition) is 2. The maximum Gasteiger partial charge on any atom is 0.343 e. The average Bonchev–Trinajstić information content (AvgIpc) is 3.53. The lowest BCUT2D eigenvalue weighted by atomic mass is 9.85. The molecule has 0 aliphatic heterocycles. The Kier molecular flexibility index (Phi) is 6.16. The third-order valence-electron chi connectivity index (χ3n) is 6.32. The van der Waals surface area contributed by atoms with Crippen molar-refractivity contribution in [3.8, 4) is 5.75 Å². The predicted octanol–water partition coefficient (Wildman–Crippen LogP) is 4.34. The molecular formula is C24H29NO6S. The number of carbonyl (C=O) groups excluding carboxylic acids is 1. The molecule has 1 aromatic carbocycles. The van der Waals surface area contributed by atoms with Crippen LogP contribution in [0, 0.1) is 5.92 Å². The van der Waals surface area contributed by atoms with Crippen LogP contribution >= 0.6 is 0 Å². The Labute approximate surface area is 187 Å². The number of ketones is 1. The molecule has 1 saturated carbocycles. The normalized spacial score (nSPS) is 18.0. The largest absolute Gasteiger partial charge is 0.506 e. The molecule has 0 spiro atoms. The summed E-state index contributed by atoms with van der Waals surface area (Å²) in [5.74, 6) is -0.557. The van der Waals surface area contributed by atoms with Crippen LogP contribution in [0.25, 0.3) is 0 Å². The summed E-state index contributed by atoms with van der Waals surface area (Å²) in [6.45, 7) is 3.19. The first-order chi connectivity index (χ1) is 15.2. The molecule has 172 valence electrons. The van der Waals surface area contributed by atoms with E-state index in [2.05, 4.69) is 4.72 Å². The number of Topliss-reactive ketones (excluding diaryl/α,β-unsaturated/α-hetero) is 1. The Morgan fingerprint density at radius 3 is 2.50 bits per heavy atom. The maximum absolute atomic E-state index is 13.0. The first-order valence-electron chi connectivity index (χ1n) is 11.2. The Morgan fingerprint density at radius 2 is 1.81 bits per heavy atom. The third kappa shape index (κ3) is 4.46. The molecule has 1 fully saturated rings. The minimum Gasteiger partial charge on any atom is -0.506 e. The topological polar surface area (TPSA) is 114 Å². The van der Waals surface area contributed by atoms with E-state index in [1.54, 1.807) is 32.0 Å². The lowest BCUT2D eigenvalue weighted by molar-refractivity contribution is 0.0968. The molecule has 7 nitrogen and oxygen atoms in total. The van der Waals surface area contributed by atoms with Crippen LogP contribution in [-0.2, 0) is 16.4 Å². The van der Waals surface area contributed by atoms with Crippen molar-refractivity contribution in [2.24, 2.45) is 5.92 Å². The van der Waals surface area contributed by atoms with Crippen LogP contribution in [0.4, 0.5) is 5.69 Å². The number of hydrogen-bond acceptors (Lipinski definition) is 6. The predicted molar refractivity (Wildman–Crippen MR) is 122 cm³/mol. The highest BCUT2D eigenvalue weighted by Gasteiger charge is 2.39. The molecule has 32 heavy (non-hydrogen) atoms. The Morgan fingerprint density at radius 1 is 1.09 bits per heavy atom. The standard InChI is InChI=1S/C24H29NO6S/c1-14(2)32(29,30)25-17-8-6-7-16(13-17)20(15-11-12-15)22-23(27)21-18(26)9-4-3-5-10-19(21)31-24(22)28/h6-8,13-15,20,25,27H,3-5,9-12H2,1-2H3. The Balaban J connectivity index is 1.81. The van der Waals surface area contributed by atoms with Gasteiger partial charge >= 0.3 is 5.63 Å². The second-order valence-corrected chi connectivity index (χ2v) is 11.3. The van der Waals surface area contributed by atoms with Crippen molar-refractivity contribution in [1.29, 1.82) is 0 Å². The third-order valence-corrected chi connectivity index (χ3v) is 8.09. The summed E-state index contributed by atoms with van der Waals surface area (Å²) in [5, 5.41) is 10.6. The number of carbonyl (C=O) groups is 1. The van der Waals surface area contributed by atoms with Crippen molar-refractivity contribution in [3.63, 3.8) is 0 Å². The van der Waals surface area contributed by atoms with E-state index in [9.17, 15) is 23.1 Å². The highest BCUT2D eigenvalue weighted by atomic mass is 32.2. The average molecular weight is 460 g/mol. The SMILES string of the molecule is CC(C)S(=O)(=O)Nc1cccc(C(c2c(O)c3c(oc2=O)CCCCCC3=O)C2CC2)c1. The molecule has 1 atom stereocenters. The summed E-state index contributed by atoms with van der Waals surface area (Å²) in [5.41, 5.74) is 0.718. The number of sulfonamides is 1. The molecule has 1 aromatic heterocycles. The van der Waals surface area contributed by atoms with Crippen molar-refractivity contribution in [2.75, 3.05) is 4.72 Å². The van der Waals surface area contributed by atoms with Gasteiger partial charge in [-0.2, -0.15) is 0 Å². The number of aromatic hydroxyl groups is 1. The second-order valence-electron chi connectivity index (χ2n) is 9.07. The van der Waals surface area contributed by atoms with Gasteiger partial charge in [-0.15, -0.1) is 0 Å². The molecule has 2 N–H and O–H groups in total. The molecule has 0 amide bonds. The zero-order valence-electron chi connectivity index (χ0n) is 18.4. The summed E-state index contributed by atoms with van der Waals surface area (Å²) in [7, 11) is -3.53. The first-order valence-corrected chi connectivity index (χ1v) is 12.8. The van der Waals surface area contributed by atoms with Crippen molar-refractivity contribution in [2.45, 2.75) is 70.0 Å². The lowest BCUT2D eigenvalue weighted by Gasteiger charge is -2.21. The van der Waals surface area contributed by atoms with Crippen LogP contribution < -0.4 is 10.3 Å². The molecule has 4 rings (SSSR count). The highest BCUT2D eigenvalue weighted by Crippen LogP contribution is 2.49. The fourth-order valence-electron chi connectivity index (χ4n) is 4.37.